The van der Waals surface area contributed by atoms with E-state index in [4.69, 9.17) is 0 Å². The van der Waals surface area contributed by atoms with Crippen molar-refractivity contribution in [2.45, 2.75) is 105 Å². The van der Waals surface area contributed by atoms with Crippen LogP contribution in [0.25, 0.3) is 0 Å². The summed E-state index contributed by atoms with van der Waals surface area (Å²) in [4.78, 5) is 0. The molecule has 162 valence electrons. The number of aliphatic hydroxyl groups excluding tert-OH is 1. The van der Waals surface area contributed by atoms with Gasteiger partial charge in [0.25, 0.3) is 0 Å². The number of aliphatic hydroxyl groups is 1. The summed E-state index contributed by atoms with van der Waals surface area (Å²) in [5.74, 6) is 3.08. The summed E-state index contributed by atoms with van der Waals surface area (Å²) in [5, 5.41) is 9.95. The lowest BCUT2D eigenvalue weighted by Crippen LogP contribution is -2.53. The predicted molar refractivity (Wildman–Crippen MR) is 124 cm³/mol. The highest BCUT2D eigenvalue weighted by Crippen LogP contribution is 2.71. The molecule has 0 aromatic heterocycles. The van der Waals surface area contributed by atoms with Crippen LogP contribution in [0.3, 0.4) is 0 Å². The van der Waals surface area contributed by atoms with Gasteiger partial charge in [0.1, 0.15) is 0 Å². The van der Waals surface area contributed by atoms with Gasteiger partial charge in [-0.05, 0) is 117 Å². The Bertz CT molecular complexity index is 723. The van der Waals surface area contributed by atoms with Gasteiger partial charge in [0.05, 0.1) is 6.10 Å². The van der Waals surface area contributed by atoms with Crippen LogP contribution in [0.4, 0.5) is 0 Å². The SMILES string of the molecule is C=C(CCCC1CC=C2C3=C4C(C[C@]4(CCC(C)O)C(C)CC3)C[C@@]21C)C(C)C. The van der Waals surface area contributed by atoms with Gasteiger partial charge in [-0.3, -0.25) is 0 Å². The Balaban J connectivity index is 1.52. The summed E-state index contributed by atoms with van der Waals surface area (Å²) in [7, 11) is 0. The molecule has 0 bridgehead atoms. The van der Waals surface area contributed by atoms with E-state index in [2.05, 4.69) is 40.3 Å². The van der Waals surface area contributed by atoms with Crippen LogP contribution in [0.1, 0.15) is 98.8 Å². The van der Waals surface area contributed by atoms with Crippen molar-refractivity contribution in [1.82, 2.24) is 0 Å². The van der Waals surface area contributed by atoms with Gasteiger partial charge in [0, 0.05) is 0 Å². The summed E-state index contributed by atoms with van der Waals surface area (Å²) in [6.07, 6.45) is 15.2. The lowest BCUT2D eigenvalue weighted by Gasteiger charge is -2.63. The van der Waals surface area contributed by atoms with Crippen LogP contribution in [0.5, 0.6) is 0 Å². The minimum Gasteiger partial charge on any atom is -0.393 e. The molecule has 0 spiro atoms. The third-order valence-corrected chi connectivity index (χ3v) is 9.64. The molecule has 0 aliphatic heterocycles. The number of rotatable bonds is 8. The molecular weight excluding hydrogens is 352 g/mol. The zero-order valence-corrected chi connectivity index (χ0v) is 19.7. The van der Waals surface area contributed by atoms with Crippen molar-refractivity contribution in [2.75, 3.05) is 0 Å². The summed E-state index contributed by atoms with van der Waals surface area (Å²) in [6.45, 7) is 15.9. The van der Waals surface area contributed by atoms with Crippen molar-refractivity contribution in [3.05, 3.63) is 34.9 Å². The first kappa shape index (κ1) is 21.4. The van der Waals surface area contributed by atoms with Gasteiger partial charge in [-0.2, -0.15) is 0 Å². The maximum atomic E-state index is 9.95. The molecule has 4 aliphatic carbocycles. The number of fused-ring (bicyclic) bond motifs is 2. The molecular formula is C28H44O. The van der Waals surface area contributed by atoms with E-state index < -0.39 is 0 Å². The Morgan fingerprint density at radius 1 is 1.28 bits per heavy atom. The molecule has 0 aromatic rings. The van der Waals surface area contributed by atoms with Gasteiger partial charge in [0.2, 0.25) is 0 Å². The molecule has 0 saturated heterocycles. The Morgan fingerprint density at radius 2 is 2.03 bits per heavy atom. The Kier molecular flexibility index (Phi) is 5.69. The Morgan fingerprint density at radius 3 is 2.72 bits per heavy atom. The van der Waals surface area contributed by atoms with E-state index in [0.717, 1.165) is 24.2 Å². The second-order valence-corrected chi connectivity index (χ2v) is 11.7. The lowest BCUT2D eigenvalue weighted by molar-refractivity contribution is 0.00871. The van der Waals surface area contributed by atoms with E-state index >= 15 is 0 Å². The molecule has 0 aromatic carbocycles. The number of hydrogen-bond donors (Lipinski definition) is 1. The first-order valence-corrected chi connectivity index (χ1v) is 12.5. The highest BCUT2D eigenvalue weighted by molar-refractivity contribution is 5.53. The number of allylic oxidation sites excluding steroid dienone is 5. The Labute approximate surface area is 179 Å². The van der Waals surface area contributed by atoms with Gasteiger partial charge in [-0.25, -0.2) is 0 Å². The molecule has 29 heavy (non-hydrogen) atoms. The highest BCUT2D eigenvalue weighted by atomic mass is 16.3. The molecule has 0 amide bonds. The van der Waals surface area contributed by atoms with E-state index in [1.807, 2.05) is 12.5 Å². The molecule has 1 heteroatoms. The van der Waals surface area contributed by atoms with Gasteiger partial charge < -0.3 is 5.11 Å². The average Bonchev–Trinajstić information content (AvgIpc) is 2.96. The van der Waals surface area contributed by atoms with Gasteiger partial charge in [0.15, 0.2) is 0 Å². The van der Waals surface area contributed by atoms with Gasteiger partial charge in [-0.1, -0.05) is 51.5 Å². The van der Waals surface area contributed by atoms with Crippen molar-refractivity contribution in [3.8, 4) is 0 Å². The van der Waals surface area contributed by atoms with Crippen molar-refractivity contribution in [2.24, 2.45) is 34.5 Å². The summed E-state index contributed by atoms with van der Waals surface area (Å²) >= 11 is 0. The van der Waals surface area contributed by atoms with Crippen LogP contribution < -0.4 is 0 Å². The second kappa shape index (κ2) is 7.70. The topological polar surface area (TPSA) is 20.2 Å². The first-order valence-electron chi connectivity index (χ1n) is 12.5. The standard InChI is InChI=1S/C28H44O/c1-18(2)19(3)8-7-9-23-11-13-25-24-12-10-20(4)28(15-14-21(5)29)17-22(26(24)28)16-27(23,25)6/h13,18,20-23,29H,3,7-12,14-17H2,1-2,4-6H3/t20?,21?,22?,23?,27-,28-/m1/s1. The average molecular weight is 397 g/mol. The fraction of sp³-hybridized carbons (Fsp3) is 0.786. The van der Waals surface area contributed by atoms with Crippen LogP contribution in [0.15, 0.2) is 34.9 Å². The van der Waals surface area contributed by atoms with Crippen LogP contribution >= 0.6 is 0 Å². The molecule has 1 N–H and O–H groups in total. The molecule has 4 aliphatic rings. The molecule has 0 radical (unpaired) electrons. The molecule has 6 atom stereocenters. The molecule has 0 heterocycles. The fourth-order valence-corrected chi connectivity index (χ4v) is 7.65. The monoisotopic (exact) mass is 396 g/mol. The van der Waals surface area contributed by atoms with E-state index in [1.54, 1.807) is 11.1 Å². The molecule has 4 rings (SSSR count). The molecule has 1 fully saturated rings. The predicted octanol–water partition coefficient (Wildman–Crippen LogP) is 7.62. The van der Waals surface area contributed by atoms with Gasteiger partial charge >= 0.3 is 0 Å². The largest absolute Gasteiger partial charge is 0.393 e. The van der Waals surface area contributed by atoms with Gasteiger partial charge in [-0.15, -0.1) is 0 Å². The third-order valence-electron chi connectivity index (χ3n) is 9.64. The van der Waals surface area contributed by atoms with E-state index in [0.29, 0.717) is 16.7 Å². The summed E-state index contributed by atoms with van der Waals surface area (Å²) in [6, 6.07) is 0. The maximum Gasteiger partial charge on any atom is 0.0512 e. The smallest absolute Gasteiger partial charge is 0.0512 e. The molecule has 1 nitrogen and oxygen atoms in total. The van der Waals surface area contributed by atoms with Crippen LogP contribution in [-0.2, 0) is 0 Å². The fourth-order valence-electron chi connectivity index (χ4n) is 7.65. The minimum atomic E-state index is -0.161. The Hall–Kier alpha value is -0.820. The van der Waals surface area contributed by atoms with Crippen molar-refractivity contribution in [1.29, 1.82) is 0 Å². The quantitative estimate of drug-likeness (QED) is 0.418. The number of hydrogen-bond acceptors (Lipinski definition) is 1. The second-order valence-electron chi connectivity index (χ2n) is 11.7. The summed E-state index contributed by atoms with van der Waals surface area (Å²) < 4.78 is 0. The van der Waals surface area contributed by atoms with E-state index in [-0.39, 0.29) is 6.10 Å². The van der Waals surface area contributed by atoms with Crippen molar-refractivity contribution in [3.63, 3.8) is 0 Å². The summed E-state index contributed by atoms with van der Waals surface area (Å²) in [5.41, 5.74) is 7.66. The van der Waals surface area contributed by atoms with Crippen molar-refractivity contribution < 1.29 is 5.11 Å². The molecule has 4 unspecified atom stereocenters. The molecule has 1 saturated carbocycles. The lowest BCUT2D eigenvalue weighted by atomic mass is 9.41. The first-order chi connectivity index (χ1) is 13.7. The minimum absolute atomic E-state index is 0.161. The normalized spacial score (nSPS) is 39.0. The highest BCUT2D eigenvalue weighted by Gasteiger charge is 2.60. The van der Waals surface area contributed by atoms with E-state index in [9.17, 15) is 5.11 Å². The van der Waals surface area contributed by atoms with E-state index in [1.165, 1.54) is 63.4 Å². The zero-order chi connectivity index (χ0) is 21.0. The zero-order valence-electron chi connectivity index (χ0n) is 19.7. The van der Waals surface area contributed by atoms with Crippen LogP contribution in [-0.4, -0.2) is 11.2 Å². The van der Waals surface area contributed by atoms with Crippen LogP contribution in [0.2, 0.25) is 0 Å². The van der Waals surface area contributed by atoms with Crippen molar-refractivity contribution >= 4 is 0 Å². The van der Waals surface area contributed by atoms with Crippen LogP contribution in [0, 0.1) is 34.5 Å². The third kappa shape index (κ3) is 3.40. The maximum absolute atomic E-state index is 9.95.